The molecule has 1 aliphatic rings. The first-order chi connectivity index (χ1) is 7.91. The Morgan fingerprint density at radius 3 is 2.29 bits per heavy atom. The average Bonchev–Trinajstić information content (AvgIpc) is 3.05. The molecule has 98 valence electrons. The van der Waals surface area contributed by atoms with Crippen LogP contribution in [0.5, 0.6) is 0 Å². The van der Waals surface area contributed by atoms with E-state index in [0.717, 1.165) is 19.4 Å². The average molecular weight is 243 g/mol. The third-order valence-electron chi connectivity index (χ3n) is 2.87. The summed E-state index contributed by atoms with van der Waals surface area (Å²) in [6, 6.07) is -1.05. The summed E-state index contributed by atoms with van der Waals surface area (Å²) in [5.41, 5.74) is 0. The summed E-state index contributed by atoms with van der Waals surface area (Å²) in [6.45, 7) is 1.33. The van der Waals surface area contributed by atoms with Crippen LogP contribution in [-0.4, -0.2) is 67.2 Å². The van der Waals surface area contributed by atoms with Crippen molar-refractivity contribution >= 4 is 12.0 Å². The molecule has 1 saturated carbocycles. The van der Waals surface area contributed by atoms with E-state index in [2.05, 4.69) is 5.32 Å². The van der Waals surface area contributed by atoms with E-state index >= 15 is 0 Å². The van der Waals surface area contributed by atoms with Gasteiger partial charge in [0.05, 0.1) is 0 Å². The lowest BCUT2D eigenvalue weighted by Crippen LogP contribution is -2.48. The van der Waals surface area contributed by atoms with E-state index in [9.17, 15) is 9.59 Å². The molecule has 0 heterocycles. The molecule has 6 heteroatoms. The predicted molar refractivity (Wildman–Crippen MR) is 63.9 cm³/mol. The lowest BCUT2D eigenvalue weighted by molar-refractivity contribution is -0.139. The van der Waals surface area contributed by atoms with E-state index in [0.29, 0.717) is 6.54 Å². The zero-order valence-corrected chi connectivity index (χ0v) is 10.6. The van der Waals surface area contributed by atoms with Crippen molar-refractivity contribution in [3.8, 4) is 0 Å². The molecule has 0 aliphatic heterocycles. The minimum absolute atomic E-state index is 0.110. The van der Waals surface area contributed by atoms with Crippen LogP contribution in [0.25, 0.3) is 0 Å². The number of likely N-dealkylation sites (N-methyl/N-ethyl adjacent to an activating group) is 2. The number of carbonyl (C=O) groups is 2. The van der Waals surface area contributed by atoms with Crippen LogP contribution in [0.2, 0.25) is 0 Å². The molecule has 0 bridgehead atoms. The molecular weight excluding hydrogens is 222 g/mol. The highest BCUT2D eigenvalue weighted by Gasteiger charge is 2.37. The van der Waals surface area contributed by atoms with Crippen LogP contribution in [0.15, 0.2) is 0 Å². The largest absolute Gasteiger partial charge is 0.480 e. The van der Waals surface area contributed by atoms with Crippen molar-refractivity contribution in [3.63, 3.8) is 0 Å². The Bertz CT molecular complexity index is 290. The summed E-state index contributed by atoms with van der Waals surface area (Å²) in [5.74, 6) is -0.833. The van der Waals surface area contributed by atoms with Crippen LogP contribution in [0.3, 0.4) is 0 Å². The Balaban J connectivity index is 2.38. The molecule has 17 heavy (non-hydrogen) atoms. The SMILES string of the molecule is CN(C)CCN(C)C(=O)NC(C(=O)O)C1CC1. The maximum absolute atomic E-state index is 11.7. The number of hydrogen-bond donors (Lipinski definition) is 2. The Labute approximate surface area is 102 Å². The molecule has 1 rings (SSSR count). The number of aliphatic carboxylic acids is 1. The summed E-state index contributed by atoms with van der Waals surface area (Å²) >= 11 is 0. The minimum atomic E-state index is -0.943. The molecule has 2 amide bonds. The number of nitrogens with zero attached hydrogens (tertiary/aromatic N) is 2. The van der Waals surface area contributed by atoms with Gasteiger partial charge in [0.1, 0.15) is 6.04 Å². The van der Waals surface area contributed by atoms with Gasteiger partial charge in [0.15, 0.2) is 0 Å². The zero-order chi connectivity index (χ0) is 13.0. The molecular formula is C11H21N3O3. The lowest BCUT2D eigenvalue weighted by atomic mass is 10.2. The fourth-order valence-corrected chi connectivity index (χ4v) is 1.51. The van der Waals surface area contributed by atoms with Gasteiger partial charge in [-0.2, -0.15) is 0 Å². The lowest BCUT2D eigenvalue weighted by Gasteiger charge is -2.22. The Hall–Kier alpha value is -1.30. The smallest absolute Gasteiger partial charge is 0.326 e. The topological polar surface area (TPSA) is 72.9 Å². The summed E-state index contributed by atoms with van der Waals surface area (Å²) < 4.78 is 0. The summed E-state index contributed by atoms with van der Waals surface area (Å²) in [4.78, 5) is 26.2. The molecule has 0 aromatic carbocycles. The maximum Gasteiger partial charge on any atom is 0.326 e. The van der Waals surface area contributed by atoms with E-state index in [4.69, 9.17) is 5.11 Å². The van der Waals surface area contributed by atoms with Crippen molar-refractivity contribution in [2.45, 2.75) is 18.9 Å². The fraction of sp³-hybridized carbons (Fsp3) is 0.818. The van der Waals surface area contributed by atoms with Gasteiger partial charge in [-0.3, -0.25) is 0 Å². The number of nitrogens with one attached hydrogen (secondary N) is 1. The highest BCUT2D eigenvalue weighted by atomic mass is 16.4. The molecule has 6 nitrogen and oxygen atoms in total. The van der Waals surface area contributed by atoms with Gasteiger partial charge in [-0.05, 0) is 32.9 Å². The second-order valence-corrected chi connectivity index (χ2v) is 4.83. The van der Waals surface area contributed by atoms with E-state index < -0.39 is 12.0 Å². The standard InChI is InChI=1S/C11H21N3O3/c1-13(2)6-7-14(3)11(17)12-9(10(15)16)8-4-5-8/h8-9H,4-7H2,1-3H3,(H,12,17)(H,15,16). The van der Waals surface area contributed by atoms with Crippen LogP contribution in [-0.2, 0) is 4.79 Å². The van der Waals surface area contributed by atoms with Gasteiger partial charge >= 0.3 is 12.0 Å². The number of carboxylic acids is 1. The third kappa shape index (κ3) is 4.60. The van der Waals surface area contributed by atoms with Gasteiger partial charge in [-0.25, -0.2) is 9.59 Å². The van der Waals surface area contributed by atoms with E-state index in [-0.39, 0.29) is 11.9 Å². The molecule has 1 atom stereocenters. The number of amides is 2. The van der Waals surface area contributed by atoms with Crippen molar-refractivity contribution in [3.05, 3.63) is 0 Å². The monoisotopic (exact) mass is 243 g/mol. The number of urea groups is 1. The van der Waals surface area contributed by atoms with Gasteiger partial charge in [0, 0.05) is 20.1 Å². The Kier molecular flexibility index (Phi) is 4.74. The zero-order valence-electron chi connectivity index (χ0n) is 10.6. The van der Waals surface area contributed by atoms with Crippen molar-refractivity contribution < 1.29 is 14.7 Å². The van der Waals surface area contributed by atoms with Crippen molar-refractivity contribution in [1.29, 1.82) is 0 Å². The predicted octanol–water partition coefficient (Wildman–Crippen LogP) is 0.0526. The first-order valence-corrected chi connectivity index (χ1v) is 5.81. The van der Waals surface area contributed by atoms with Gasteiger partial charge in [-0.15, -0.1) is 0 Å². The van der Waals surface area contributed by atoms with Gasteiger partial charge in [0.25, 0.3) is 0 Å². The second kappa shape index (κ2) is 5.86. The third-order valence-corrected chi connectivity index (χ3v) is 2.87. The maximum atomic E-state index is 11.7. The first-order valence-electron chi connectivity index (χ1n) is 5.81. The first kappa shape index (κ1) is 13.8. The van der Waals surface area contributed by atoms with E-state index in [1.54, 1.807) is 7.05 Å². The molecule has 1 fully saturated rings. The van der Waals surface area contributed by atoms with E-state index in [1.807, 2.05) is 19.0 Å². The number of hydrogen-bond acceptors (Lipinski definition) is 3. The van der Waals surface area contributed by atoms with E-state index in [1.165, 1.54) is 4.90 Å². The quantitative estimate of drug-likeness (QED) is 0.691. The Morgan fingerprint density at radius 2 is 1.88 bits per heavy atom. The molecule has 0 aromatic rings. The molecule has 0 radical (unpaired) electrons. The van der Waals surface area contributed by atoms with Crippen LogP contribution in [0, 0.1) is 5.92 Å². The van der Waals surface area contributed by atoms with Gasteiger partial charge < -0.3 is 20.2 Å². The van der Waals surface area contributed by atoms with Crippen LogP contribution < -0.4 is 5.32 Å². The second-order valence-electron chi connectivity index (χ2n) is 4.83. The highest BCUT2D eigenvalue weighted by molar-refractivity contribution is 5.83. The van der Waals surface area contributed by atoms with Crippen molar-refractivity contribution in [2.75, 3.05) is 34.2 Å². The number of carbonyl (C=O) groups excluding carboxylic acids is 1. The molecule has 0 aromatic heterocycles. The molecule has 0 spiro atoms. The molecule has 1 aliphatic carbocycles. The normalized spacial score (nSPS) is 16.7. The molecule has 2 N–H and O–H groups in total. The summed E-state index contributed by atoms with van der Waals surface area (Å²) in [6.07, 6.45) is 1.78. The number of rotatable bonds is 6. The van der Waals surface area contributed by atoms with Gasteiger partial charge in [-0.1, -0.05) is 0 Å². The summed E-state index contributed by atoms with van der Waals surface area (Å²) in [7, 11) is 5.52. The van der Waals surface area contributed by atoms with Crippen molar-refractivity contribution in [1.82, 2.24) is 15.1 Å². The minimum Gasteiger partial charge on any atom is -0.480 e. The molecule has 1 unspecified atom stereocenters. The summed E-state index contributed by atoms with van der Waals surface area (Å²) in [5, 5.41) is 11.6. The molecule has 0 saturated heterocycles. The van der Waals surface area contributed by atoms with Gasteiger partial charge in [0.2, 0.25) is 0 Å². The van der Waals surface area contributed by atoms with Crippen molar-refractivity contribution in [2.24, 2.45) is 5.92 Å². The van der Waals surface area contributed by atoms with Crippen LogP contribution in [0.1, 0.15) is 12.8 Å². The fourth-order valence-electron chi connectivity index (χ4n) is 1.51. The highest BCUT2D eigenvalue weighted by Crippen LogP contribution is 2.32. The van der Waals surface area contributed by atoms with Crippen LogP contribution >= 0.6 is 0 Å². The number of carboxylic acid groups (broad SMARTS) is 1. The van der Waals surface area contributed by atoms with Crippen LogP contribution in [0.4, 0.5) is 4.79 Å². The Morgan fingerprint density at radius 1 is 1.29 bits per heavy atom.